The molecule has 1 fully saturated rings. The van der Waals surface area contributed by atoms with Crippen molar-refractivity contribution in [2.75, 3.05) is 20.1 Å². The first kappa shape index (κ1) is 17.3. The van der Waals surface area contributed by atoms with Gasteiger partial charge in [0, 0.05) is 33.2 Å². The molecule has 0 unspecified atom stereocenters. The number of carbonyl (C=O) groups is 1. The average Bonchev–Trinajstić information content (AvgIpc) is 2.56. The molecule has 2 aromatic rings. The molecule has 2 aromatic carbocycles. The van der Waals surface area contributed by atoms with Crippen LogP contribution in [0.5, 0.6) is 0 Å². The Hall–Kier alpha value is -1.49. The van der Waals surface area contributed by atoms with Gasteiger partial charge in [-0.1, -0.05) is 68.3 Å². The molecule has 1 heterocycles. The van der Waals surface area contributed by atoms with Crippen LogP contribution in [0.4, 0.5) is 0 Å². The van der Waals surface area contributed by atoms with Crippen LogP contribution in [0.1, 0.15) is 11.1 Å². The van der Waals surface area contributed by atoms with Crippen molar-refractivity contribution in [1.29, 1.82) is 0 Å². The van der Waals surface area contributed by atoms with E-state index in [0.29, 0.717) is 13.1 Å². The minimum absolute atomic E-state index is 0.125. The lowest BCUT2D eigenvalue weighted by atomic mass is 9.94. The zero-order chi connectivity index (χ0) is 17.1. The predicted molar refractivity (Wildman–Crippen MR) is 107 cm³/mol. The van der Waals surface area contributed by atoms with Crippen molar-refractivity contribution in [2.24, 2.45) is 0 Å². The highest BCUT2D eigenvalue weighted by Crippen LogP contribution is 2.26. The number of nitrogens with zero attached hydrogens (tertiary/aromatic N) is 1. The second-order valence-electron chi connectivity index (χ2n) is 5.88. The molecule has 0 radical (unpaired) electrons. The van der Waals surface area contributed by atoms with Crippen molar-refractivity contribution >= 4 is 49.8 Å². The first-order valence-electron chi connectivity index (χ1n) is 7.68. The molecule has 0 aliphatic carbocycles. The Kier molecular flexibility index (Phi) is 5.49. The van der Waals surface area contributed by atoms with Gasteiger partial charge in [-0.3, -0.25) is 9.69 Å². The number of carbonyl (C=O) groups excluding carboxylic acids is 1. The topological polar surface area (TPSA) is 20.3 Å². The van der Waals surface area contributed by atoms with Crippen LogP contribution in [0.3, 0.4) is 0 Å². The largest absolute Gasteiger partial charge is 0.298 e. The second kappa shape index (κ2) is 7.60. The highest BCUT2D eigenvalue weighted by Gasteiger charge is 2.24. The highest BCUT2D eigenvalue weighted by molar-refractivity contribution is 9.10. The van der Waals surface area contributed by atoms with E-state index in [2.05, 4.69) is 36.8 Å². The second-order valence-corrected chi connectivity index (χ2v) is 7.59. The summed E-state index contributed by atoms with van der Waals surface area (Å²) in [7, 11) is 2.04. The third kappa shape index (κ3) is 3.94. The molecule has 0 aromatic heterocycles. The molecule has 24 heavy (non-hydrogen) atoms. The number of benzene rings is 2. The van der Waals surface area contributed by atoms with Crippen LogP contribution in [0.15, 0.2) is 68.6 Å². The van der Waals surface area contributed by atoms with Crippen LogP contribution in [0, 0.1) is 0 Å². The van der Waals surface area contributed by atoms with Gasteiger partial charge in [-0.15, -0.1) is 0 Å². The number of hydrogen-bond acceptors (Lipinski definition) is 2. The summed E-state index contributed by atoms with van der Waals surface area (Å²) in [6.07, 6.45) is 3.96. The molecule has 3 rings (SSSR count). The normalized spacial score (nSPS) is 19.2. The zero-order valence-electron chi connectivity index (χ0n) is 13.3. The van der Waals surface area contributed by atoms with Gasteiger partial charge in [-0.05, 0) is 42.5 Å². The molecule has 1 saturated heterocycles. The van der Waals surface area contributed by atoms with Crippen molar-refractivity contribution in [3.63, 3.8) is 0 Å². The molecule has 0 N–H and O–H groups in total. The Morgan fingerprint density at radius 3 is 1.67 bits per heavy atom. The van der Waals surface area contributed by atoms with Gasteiger partial charge in [0.25, 0.3) is 0 Å². The van der Waals surface area contributed by atoms with E-state index in [4.69, 9.17) is 0 Å². The Bertz CT molecular complexity index is 772. The summed E-state index contributed by atoms with van der Waals surface area (Å²) >= 11 is 7.09. The van der Waals surface area contributed by atoms with E-state index in [1.165, 1.54) is 0 Å². The van der Waals surface area contributed by atoms with E-state index in [1.54, 1.807) is 0 Å². The molecule has 0 amide bonds. The Morgan fingerprint density at radius 1 is 0.833 bits per heavy atom. The number of rotatable bonds is 2. The minimum atomic E-state index is 0.125. The molecule has 1 aliphatic heterocycles. The van der Waals surface area contributed by atoms with Gasteiger partial charge in [0.15, 0.2) is 5.78 Å². The van der Waals surface area contributed by atoms with Crippen molar-refractivity contribution in [2.45, 2.75) is 0 Å². The minimum Gasteiger partial charge on any atom is -0.298 e. The number of halogens is 2. The number of likely N-dealkylation sites (N-methyl/N-ethyl adjacent to an activating group) is 1. The fourth-order valence-electron chi connectivity index (χ4n) is 2.77. The molecule has 122 valence electrons. The third-order valence-corrected chi connectivity index (χ3v) is 5.38. The first-order valence-corrected chi connectivity index (χ1v) is 9.26. The number of ketones is 1. The van der Waals surface area contributed by atoms with Crippen molar-refractivity contribution in [3.05, 3.63) is 79.7 Å². The predicted octanol–water partition coefficient (Wildman–Crippen LogP) is 5.19. The van der Waals surface area contributed by atoms with Crippen LogP contribution in [0.25, 0.3) is 12.2 Å². The third-order valence-electron chi connectivity index (χ3n) is 3.93. The molecule has 0 atom stereocenters. The van der Waals surface area contributed by atoms with Crippen molar-refractivity contribution in [1.82, 2.24) is 4.90 Å². The molecular weight excluding hydrogens is 430 g/mol. The zero-order valence-corrected chi connectivity index (χ0v) is 16.5. The SMILES string of the molecule is CN1C/C(=C/c2ccccc2Br)C(=O)/C(=C/c2ccccc2Br)C1. The molecule has 4 heteroatoms. The van der Waals surface area contributed by atoms with Crippen LogP contribution >= 0.6 is 31.9 Å². The number of likely N-dealkylation sites (tertiary alicyclic amines) is 1. The number of hydrogen-bond donors (Lipinski definition) is 0. The van der Waals surface area contributed by atoms with Gasteiger partial charge in [-0.25, -0.2) is 0 Å². The Balaban J connectivity index is 1.98. The standard InChI is InChI=1S/C20H17Br2NO/c1-23-12-16(10-14-6-2-4-8-18(14)21)20(24)17(13-23)11-15-7-3-5-9-19(15)22/h2-11H,12-13H2,1H3/b16-10-,17-11+. The van der Waals surface area contributed by atoms with E-state index in [1.807, 2.05) is 67.7 Å². The van der Waals surface area contributed by atoms with Gasteiger partial charge in [0.1, 0.15) is 0 Å². The smallest absolute Gasteiger partial charge is 0.187 e. The summed E-state index contributed by atoms with van der Waals surface area (Å²) < 4.78 is 1.99. The van der Waals surface area contributed by atoms with Crippen LogP contribution in [-0.4, -0.2) is 30.8 Å². The van der Waals surface area contributed by atoms with Gasteiger partial charge < -0.3 is 0 Å². The van der Waals surface area contributed by atoms with E-state index >= 15 is 0 Å². The van der Waals surface area contributed by atoms with E-state index in [0.717, 1.165) is 31.2 Å². The van der Waals surface area contributed by atoms with E-state index in [9.17, 15) is 4.79 Å². The lowest BCUT2D eigenvalue weighted by Crippen LogP contribution is -2.34. The van der Waals surface area contributed by atoms with Crippen LogP contribution in [0.2, 0.25) is 0 Å². The summed E-state index contributed by atoms with van der Waals surface area (Å²) in [5.74, 6) is 0.125. The summed E-state index contributed by atoms with van der Waals surface area (Å²) in [6, 6.07) is 15.9. The Labute approximate surface area is 159 Å². The summed E-state index contributed by atoms with van der Waals surface area (Å²) in [6.45, 7) is 1.32. The van der Waals surface area contributed by atoms with Gasteiger partial charge in [0.05, 0.1) is 0 Å². The number of Topliss-reactive ketones (excluding diaryl/α,β-unsaturated/α-hetero) is 1. The van der Waals surface area contributed by atoms with Gasteiger partial charge in [-0.2, -0.15) is 0 Å². The molecule has 0 saturated carbocycles. The lowest BCUT2D eigenvalue weighted by Gasteiger charge is -2.26. The molecule has 2 nitrogen and oxygen atoms in total. The van der Waals surface area contributed by atoms with Gasteiger partial charge in [0.2, 0.25) is 0 Å². The first-order chi connectivity index (χ1) is 11.5. The average molecular weight is 447 g/mol. The maximum Gasteiger partial charge on any atom is 0.187 e. The summed E-state index contributed by atoms with van der Waals surface area (Å²) in [4.78, 5) is 15.1. The quantitative estimate of drug-likeness (QED) is 0.591. The fourth-order valence-corrected chi connectivity index (χ4v) is 3.57. The van der Waals surface area contributed by atoms with Crippen LogP contribution in [-0.2, 0) is 4.79 Å². The molecule has 1 aliphatic rings. The van der Waals surface area contributed by atoms with E-state index < -0.39 is 0 Å². The van der Waals surface area contributed by atoms with Crippen molar-refractivity contribution < 1.29 is 4.79 Å². The maximum absolute atomic E-state index is 12.9. The summed E-state index contributed by atoms with van der Waals surface area (Å²) in [5.41, 5.74) is 3.68. The molecular formula is C20H17Br2NO. The fraction of sp³-hybridized carbons (Fsp3) is 0.150. The highest BCUT2D eigenvalue weighted by atomic mass is 79.9. The molecule has 0 spiro atoms. The van der Waals surface area contributed by atoms with Crippen LogP contribution < -0.4 is 0 Å². The molecule has 0 bridgehead atoms. The van der Waals surface area contributed by atoms with E-state index in [-0.39, 0.29) is 5.78 Å². The lowest BCUT2D eigenvalue weighted by molar-refractivity contribution is -0.113. The summed E-state index contributed by atoms with van der Waals surface area (Å²) in [5, 5.41) is 0. The number of piperidine rings is 1. The Morgan fingerprint density at radius 2 is 1.25 bits per heavy atom. The van der Waals surface area contributed by atoms with Gasteiger partial charge >= 0.3 is 0 Å². The monoisotopic (exact) mass is 445 g/mol. The maximum atomic E-state index is 12.9. The van der Waals surface area contributed by atoms with Crippen molar-refractivity contribution in [3.8, 4) is 0 Å².